The first-order chi connectivity index (χ1) is 11.3. The van der Waals surface area contributed by atoms with Crippen LogP contribution in [-0.2, 0) is 14.9 Å². The van der Waals surface area contributed by atoms with Crippen molar-refractivity contribution in [3.8, 4) is 0 Å². The van der Waals surface area contributed by atoms with Gasteiger partial charge < -0.3 is 9.64 Å². The summed E-state index contributed by atoms with van der Waals surface area (Å²) in [5.74, 6) is 0.327. The average Bonchev–Trinajstić information content (AvgIpc) is 2.88. The van der Waals surface area contributed by atoms with Gasteiger partial charge in [0.15, 0.2) is 0 Å². The smallest absolute Gasteiger partial charge is 0.233 e. The lowest BCUT2D eigenvalue weighted by Gasteiger charge is -2.40. The first-order valence-corrected chi connectivity index (χ1v) is 10.0. The fourth-order valence-electron chi connectivity index (χ4n) is 3.89. The average molecular weight is 333 g/mol. The van der Waals surface area contributed by atoms with Crippen molar-refractivity contribution in [1.82, 2.24) is 4.90 Å². The Labute approximate surface area is 143 Å². The predicted molar refractivity (Wildman–Crippen MR) is 95.9 cm³/mol. The molecule has 3 rings (SSSR count). The van der Waals surface area contributed by atoms with E-state index in [1.165, 1.54) is 18.4 Å². The predicted octanol–water partition coefficient (Wildman–Crippen LogP) is 3.48. The number of hydrogen-bond acceptors (Lipinski definition) is 3. The van der Waals surface area contributed by atoms with E-state index in [9.17, 15) is 4.79 Å². The second kappa shape index (κ2) is 7.71. The van der Waals surface area contributed by atoms with Gasteiger partial charge in [0.2, 0.25) is 5.91 Å². The van der Waals surface area contributed by atoms with Crippen LogP contribution < -0.4 is 0 Å². The lowest BCUT2D eigenvalue weighted by atomic mass is 9.73. The Morgan fingerprint density at radius 1 is 1.22 bits per heavy atom. The maximum atomic E-state index is 13.6. The summed E-state index contributed by atoms with van der Waals surface area (Å²) in [5.41, 5.74) is 0.783. The quantitative estimate of drug-likeness (QED) is 0.848. The van der Waals surface area contributed by atoms with Crippen LogP contribution in [0.25, 0.3) is 0 Å². The summed E-state index contributed by atoms with van der Waals surface area (Å²) in [5, 5.41) is 0.578. The molecular weight excluding hydrogens is 306 g/mol. The number of thioether (sulfide) groups is 1. The molecule has 0 N–H and O–H groups in total. The first kappa shape index (κ1) is 16.8. The summed E-state index contributed by atoms with van der Waals surface area (Å²) >= 11 is 1.90. The third-order valence-corrected chi connectivity index (χ3v) is 6.38. The Kier molecular flexibility index (Phi) is 5.65. The highest BCUT2D eigenvalue weighted by Gasteiger charge is 2.44. The molecular formula is C19H27NO2S. The molecule has 1 atom stereocenters. The summed E-state index contributed by atoms with van der Waals surface area (Å²) in [6.07, 6.45) is 7.36. The van der Waals surface area contributed by atoms with Crippen LogP contribution in [0.3, 0.4) is 0 Å². The summed E-state index contributed by atoms with van der Waals surface area (Å²) in [7, 11) is 0. The van der Waals surface area contributed by atoms with Gasteiger partial charge in [-0.25, -0.2) is 0 Å². The first-order valence-electron chi connectivity index (χ1n) is 8.72. The molecule has 2 saturated heterocycles. The summed E-state index contributed by atoms with van der Waals surface area (Å²) in [4.78, 5) is 15.7. The van der Waals surface area contributed by atoms with Crippen LogP contribution in [0.4, 0.5) is 0 Å². The third kappa shape index (κ3) is 3.58. The maximum absolute atomic E-state index is 13.6. The van der Waals surface area contributed by atoms with E-state index in [0.717, 1.165) is 32.4 Å². The van der Waals surface area contributed by atoms with Crippen molar-refractivity contribution in [2.45, 2.75) is 42.8 Å². The lowest BCUT2D eigenvalue weighted by Crippen LogP contribution is -2.51. The number of ether oxygens (including phenoxy) is 1. The van der Waals surface area contributed by atoms with Gasteiger partial charge in [-0.05, 0) is 37.5 Å². The van der Waals surface area contributed by atoms with Crippen molar-refractivity contribution in [3.63, 3.8) is 0 Å². The van der Waals surface area contributed by atoms with Crippen molar-refractivity contribution in [2.24, 2.45) is 0 Å². The van der Waals surface area contributed by atoms with Crippen LogP contribution in [0.1, 0.15) is 37.7 Å². The number of rotatable bonds is 3. The minimum Gasteiger partial charge on any atom is -0.381 e. The fraction of sp³-hybridized carbons (Fsp3) is 0.632. The van der Waals surface area contributed by atoms with Crippen molar-refractivity contribution in [2.75, 3.05) is 32.6 Å². The van der Waals surface area contributed by atoms with Gasteiger partial charge in [0.25, 0.3) is 0 Å². The van der Waals surface area contributed by atoms with Gasteiger partial charge in [0.05, 0.1) is 5.41 Å². The Morgan fingerprint density at radius 2 is 1.96 bits per heavy atom. The van der Waals surface area contributed by atoms with E-state index in [1.54, 1.807) is 0 Å². The molecule has 2 aliphatic heterocycles. The van der Waals surface area contributed by atoms with Crippen LogP contribution in [0, 0.1) is 0 Å². The van der Waals surface area contributed by atoms with E-state index in [-0.39, 0.29) is 5.41 Å². The molecule has 23 heavy (non-hydrogen) atoms. The van der Waals surface area contributed by atoms with E-state index in [0.29, 0.717) is 24.4 Å². The molecule has 0 bridgehead atoms. The minimum absolute atomic E-state index is 0.327. The van der Waals surface area contributed by atoms with Crippen LogP contribution >= 0.6 is 11.8 Å². The molecule has 4 heteroatoms. The van der Waals surface area contributed by atoms with E-state index >= 15 is 0 Å². The normalized spacial score (nSPS) is 24.9. The standard InChI is InChI=1S/C19H27NO2S/c1-23-17-9-5-6-12-20(15-17)18(21)19(10-13-22-14-11-19)16-7-3-2-4-8-16/h2-4,7-8,17H,5-6,9-15H2,1H3/t17-/m1/s1. The van der Waals surface area contributed by atoms with Gasteiger partial charge in [0.1, 0.15) is 0 Å². The van der Waals surface area contributed by atoms with Crippen molar-refractivity contribution < 1.29 is 9.53 Å². The molecule has 2 fully saturated rings. The van der Waals surface area contributed by atoms with Crippen molar-refractivity contribution in [1.29, 1.82) is 0 Å². The van der Waals surface area contributed by atoms with E-state index < -0.39 is 0 Å². The van der Waals surface area contributed by atoms with E-state index in [2.05, 4.69) is 23.3 Å². The number of carbonyl (C=O) groups excluding carboxylic acids is 1. The van der Waals surface area contributed by atoms with Crippen molar-refractivity contribution in [3.05, 3.63) is 35.9 Å². The molecule has 1 aromatic carbocycles. The van der Waals surface area contributed by atoms with E-state index in [4.69, 9.17) is 4.74 Å². The molecule has 126 valence electrons. The largest absolute Gasteiger partial charge is 0.381 e. The highest BCUT2D eigenvalue weighted by Crippen LogP contribution is 2.37. The Morgan fingerprint density at radius 3 is 2.65 bits per heavy atom. The molecule has 1 aromatic rings. The third-order valence-electron chi connectivity index (χ3n) is 5.33. The molecule has 2 heterocycles. The number of nitrogens with zero attached hydrogens (tertiary/aromatic N) is 1. The topological polar surface area (TPSA) is 29.5 Å². The SMILES string of the molecule is CS[C@@H]1CCCCN(C(=O)C2(c3ccccc3)CCOCC2)C1. The van der Waals surface area contributed by atoms with Crippen LogP contribution in [0.5, 0.6) is 0 Å². The van der Waals surface area contributed by atoms with Crippen LogP contribution in [0.15, 0.2) is 30.3 Å². The zero-order valence-electron chi connectivity index (χ0n) is 14.0. The molecule has 2 aliphatic rings. The molecule has 0 spiro atoms. The molecule has 1 amide bonds. The summed E-state index contributed by atoms with van der Waals surface area (Å²) in [6, 6.07) is 10.4. The van der Waals surface area contributed by atoms with Gasteiger partial charge in [0, 0.05) is 31.6 Å². The minimum atomic E-state index is -0.382. The highest BCUT2D eigenvalue weighted by molar-refractivity contribution is 7.99. The number of amides is 1. The summed E-state index contributed by atoms with van der Waals surface area (Å²) in [6.45, 7) is 3.17. The zero-order valence-corrected chi connectivity index (χ0v) is 14.8. The van der Waals surface area contributed by atoms with Gasteiger partial charge >= 0.3 is 0 Å². The summed E-state index contributed by atoms with van der Waals surface area (Å²) < 4.78 is 5.58. The molecule has 0 unspecified atom stereocenters. The number of benzene rings is 1. The lowest BCUT2D eigenvalue weighted by molar-refractivity contribution is -0.141. The molecule has 3 nitrogen and oxygen atoms in total. The van der Waals surface area contributed by atoms with Crippen LogP contribution in [-0.4, -0.2) is 48.6 Å². The number of carbonyl (C=O) groups is 1. The molecule has 0 radical (unpaired) electrons. The maximum Gasteiger partial charge on any atom is 0.233 e. The van der Waals surface area contributed by atoms with Gasteiger partial charge in [-0.2, -0.15) is 11.8 Å². The molecule has 0 aliphatic carbocycles. The Hall–Kier alpha value is -1.00. The van der Waals surface area contributed by atoms with Gasteiger partial charge in [-0.15, -0.1) is 0 Å². The number of likely N-dealkylation sites (tertiary alicyclic amines) is 1. The zero-order chi connectivity index (χ0) is 16.1. The fourth-order valence-corrected chi connectivity index (χ4v) is 4.62. The second-order valence-corrected chi connectivity index (χ2v) is 7.80. The van der Waals surface area contributed by atoms with Crippen molar-refractivity contribution >= 4 is 17.7 Å². The van der Waals surface area contributed by atoms with E-state index in [1.807, 2.05) is 30.0 Å². The molecule has 0 aromatic heterocycles. The Bertz CT molecular complexity index is 513. The second-order valence-electron chi connectivity index (χ2n) is 6.67. The Balaban J connectivity index is 1.88. The number of hydrogen-bond donors (Lipinski definition) is 0. The highest BCUT2D eigenvalue weighted by atomic mass is 32.2. The van der Waals surface area contributed by atoms with Crippen LogP contribution in [0.2, 0.25) is 0 Å². The van der Waals surface area contributed by atoms with Gasteiger partial charge in [-0.1, -0.05) is 36.8 Å². The van der Waals surface area contributed by atoms with Gasteiger partial charge in [-0.3, -0.25) is 4.79 Å². The monoisotopic (exact) mass is 333 g/mol. The molecule has 0 saturated carbocycles.